The summed E-state index contributed by atoms with van der Waals surface area (Å²) in [6.45, 7) is 33.2. The summed E-state index contributed by atoms with van der Waals surface area (Å²) < 4.78 is 22.3. The molecule has 670 valence electrons. The molecule has 11 atom stereocenters. The zero-order valence-corrected chi connectivity index (χ0v) is 74.3. The van der Waals surface area contributed by atoms with E-state index in [1.165, 1.54) is 146 Å². The molecule has 11 unspecified atom stereocenters. The van der Waals surface area contributed by atoms with Gasteiger partial charge >= 0.3 is 0 Å². The average Bonchev–Trinajstić information content (AvgIpc) is 0.876. The highest BCUT2D eigenvalue weighted by molar-refractivity contribution is 5.50. The van der Waals surface area contributed by atoms with E-state index in [-0.39, 0.29) is 41.0 Å². The van der Waals surface area contributed by atoms with Gasteiger partial charge in [-0.15, -0.1) is 0 Å². The number of hydrogen-bond donors (Lipinski definition) is 21. The number of unbranched alkanes of at least 4 members (excludes halogenated alkanes) is 12. The van der Waals surface area contributed by atoms with E-state index >= 15 is 0 Å². The van der Waals surface area contributed by atoms with Gasteiger partial charge in [-0.1, -0.05) is 142 Å². The van der Waals surface area contributed by atoms with E-state index in [1.54, 1.807) is 18.2 Å². The predicted octanol–water partition coefficient (Wildman–Crippen LogP) is 9.52. The molecule has 0 aromatic heterocycles. The Morgan fingerprint density at radius 3 is 0.965 bits per heavy atom. The number of hydrogen-bond acceptors (Lipinski definition) is 25. The Balaban J connectivity index is -0.000000389. The number of rotatable bonds is 47. The lowest BCUT2D eigenvalue weighted by atomic mass is 9.81. The third-order valence-corrected chi connectivity index (χ3v) is 19.0. The van der Waals surface area contributed by atoms with Crippen LogP contribution < -0.4 is 120 Å². The molecule has 2 aliphatic rings. The first-order chi connectivity index (χ1) is 53.8. The maximum atomic E-state index is 5.72. The summed E-state index contributed by atoms with van der Waals surface area (Å²) in [6.07, 6.45) is 35.6. The van der Waals surface area contributed by atoms with Crippen molar-refractivity contribution < 1.29 is 18.9 Å². The standard InChI is InChI=1S/C15H35N3O3.C14H16N2.C12H28N2.C9H22N2.C8H18N2.C6H16N2O.C6H14N2.C6H8N2.2C6H16N2/c1-5-15(9-19-6-12(2)16,10-20-7-13(3)17)11-21-8-14(4)18;15-13-7-3-11(4-8-13)1-2-12-5-9-14(16)10-6-12;13-11-9-7-5-3-1-2-4-6-8-10-12-14;1-8(4-5-10)6-9(2,3)7-11;9-5-7-2-1-3-8(4-7)6-10;1-5(7)3-9-4-6(2)8;2*7-5-2-1-3-6(8)4-5;1-6(5-8)3-2-4-7;7-5-3-1-2-4-6-8/h12-14H,5-11,16-18H2,1-4H3;3-10H,1-2,15-16H2;1-14H2;8H,4-7,10-11H2,1-3H3;7-8H,1-6,9-10H2;5-6H,3-4,7-8H2,1-2H3;5-6H,1-4,7-8H2;1-4H,7-8H2;6H,2-5,7-8H2,1H3;1-8H2. The quantitative estimate of drug-likeness (QED) is 0.0185. The fourth-order valence-electron chi connectivity index (χ4n) is 11.9. The van der Waals surface area contributed by atoms with Crippen LogP contribution in [0.3, 0.4) is 0 Å². The first kappa shape index (κ1) is 118. The first-order valence-corrected chi connectivity index (χ1v) is 43.7. The normalized spacial score (nSPS) is 17.3. The van der Waals surface area contributed by atoms with E-state index in [2.05, 4.69) is 58.9 Å². The monoisotopic (exact) mass is 1600 g/mol. The SMILES string of the molecule is CC(CCN)CC(C)(C)CN.CC(CN)CCCN.CC(N)COCC(C)N.CCC(COCC(C)N)(COCC(C)N)COCC(C)N.NC1CCCC(N)C1.NCC1CCCC(CN)C1.NCCCCCCCCCCCCN.NCCCCCCN.Nc1ccc(CCc2ccc(N)cc2)cc1.Nc1cccc(N)c1. The highest BCUT2D eigenvalue weighted by Gasteiger charge is 2.30. The third-order valence-electron chi connectivity index (χ3n) is 19.0. The molecule has 0 bridgehead atoms. The van der Waals surface area contributed by atoms with Crippen LogP contribution in [0.25, 0.3) is 0 Å². The molecule has 2 saturated carbocycles. The van der Waals surface area contributed by atoms with Crippen LogP contribution in [-0.2, 0) is 31.8 Å². The van der Waals surface area contributed by atoms with Gasteiger partial charge in [-0.25, -0.2) is 0 Å². The maximum Gasteiger partial charge on any atom is 0.0615 e. The van der Waals surface area contributed by atoms with Crippen LogP contribution in [0.1, 0.15) is 254 Å². The van der Waals surface area contributed by atoms with Crippen molar-refractivity contribution in [2.45, 2.75) is 298 Å². The predicted molar refractivity (Wildman–Crippen MR) is 494 cm³/mol. The van der Waals surface area contributed by atoms with Gasteiger partial charge in [0.1, 0.15) is 0 Å². The maximum absolute atomic E-state index is 5.72. The Hall–Kier alpha value is -3.98. The van der Waals surface area contributed by atoms with E-state index in [4.69, 9.17) is 139 Å². The van der Waals surface area contributed by atoms with Crippen LogP contribution in [0.5, 0.6) is 0 Å². The summed E-state index contributed by atoms with van der Waals surface area (Å²) in [7, 11) is 0. The van der Waals surface area contributed by atoms with E-state index in [0.717, 1.165) is 140 Å². The second kappa shape index (κ2) is 83.1. The second-order valence-electron chi connectivity index (χ2n) is 33.2. The molecular formula is C88H189N21O4. The fourth-order valence-corrected chi connectivity index (χ4v) is 11.9. The lowest BCUT2D eigenvalue weighted by Crippen LogP contribution is -2.40. The van der Waals surface area contributed by atoms with Gasteiger partial charge in [-0.05, 0) is 292 Å². The van der Waals surface area contributed by atoms with Crippen LogP contribution >= 0.6 is 0 Å². The Morgan fingerprint density at radius 2 is 0.708 bits per heavy atom. The van der Waals surface area contributed by atoms with E-state index < -0.39 is 0 Å². The van der Waals surface area contributed by atoms with Gasteiger partial charge in [0, 0.05) is 70.5 Å². The molecule has 3 aromatic carbocycles. The Bertz CT molecular complexity index is 2230. The molecule has 0 aliphatic heterocycles. The van der Waals surface area contributed by atoms with Crippen LogP contribution in [0.2, 0.25) is 0 Å². The zero-order valence-electron chi connectivity index (χ0n) is 74.3. The van der Waals surface area contributed by atoms with Crippen LogP contribution in [0, 0.1) is 34.5 Å². The Morgan fingerprint density at radius 1 is 0.381 bits per heavy atom. The largest absolute Gasteiger partial charge is 0.399 e. The van der Waals surface area contributed by atoms with E-state index in [0.29, 0.717) is 88.1 Å². The van der Waals surface area contributed by atoms with Crippen molar-refractivity contribution in [3.8, 4) is 0 Å². The minimum absolute atomic E-state index is 0.0227. The van der Waals surface area contributed by atoms with Crippen molar-refractivity contribution in [1.29, 1.82) is 0 Å². The number of nitrogens with two attached hydrogens (primary N) is 21. The van der Waals surface area contributed by atoms with Crippen molar-refractivity contribution in [1.82, 2.24) is 0 Å². The van der Waals surface area contributed by atoms with Gasteiger partial charge in [-0.2, -0.15) is 0 Å². The summed E-state index contributed by atoms with van der Waals surface area (Å²) in [5.74, 6) is 2.89. The molecule has 42 N–H and O–H groups in total. The van der Waals surface area contributed by atoms with Gasteiger partial charge in [-0.3, -0.25) is 0 Å². The van der Waals surface area contributed by atoms with Crippen LogP contribution in [0.4, 0.5) is 22.7 Å². The number of anilines is 4. The molecule has 0 saturated heterocycles. The smallest absolute Gasteiger partial charge is 0.0615 e. The highest BCUT2D eigenvalue weighted by Crippen LogP contribution is 2.28. The lowest BCUT2D eigenvalue weighted by Gasteiger charge is -2.33. The molecule has 25 nitrogen and oxygen atoms in total. The van der Waals surface area contributed by atoms with Crippen molar-refractivity contribution in [3.05, 3.63) is 83.9 Å². The topological polar surface area (TPSA) is 583 Å². The highest BCUT2D eigenvalue weighted by atomic mass is 16.5. The van der Waals surface area contributed by atoms with Crippen molar-refractivity contribution in [2.75, 3.05) is 141 Å². The van der Waals surface area contributed by atoms with Crippen LogP contribution in [0.15, 0.2) is 72.8 Å². The molecule has 3 aromatic rings. The summed E-state index contributed by atoms with van der Waals surface area (Å²) >= 11 is 0. The zero-order chi connectivity index (χ0) is 86.4. The molecule has 2 aliphatic carbocycles. The molecule has 2 fully saturated rings. The van der Waals surface area contributed by atoms with Crippen molar-refractivity contribution >= 4 is 22.7 Å². The molecule has 0 radical (unpaired) electrons. The van der Waals surface area contributed by atoms with Crippen LogP contribution in [-0.4, -0.2) is 161 Å². The number of nitrogen functional groups attached to an aromatic ring is 4. The second-order valence-corrected chi connectivity index (χ2v) is 33.2. The molecule has 0 spiro atoms. The summed E-state index contributed by atoms with van der Waals surface area (Å²) in [6, 6.07) is 24.3. The van der Waals surface area contributed by atoms with Gasteiger partial charge in [0.05, 0.1) is 52.9 Å². The van der Waals surface area contributed by atoms with Gasteiger partial charge in [0.15, 0.2) is 0 Å². The minimum Gasteiger partial charge on any atom is -0.399 e. The molecule has 113 heavy (non-hydrogen) atoms. The van der Waals surface area contributed by atoms with Gasteiger partial charge < -0.3 is 139 Å². The van der Waals surface area contributed by atoms with E-state index in [1.807, 2.05) is 65.0 Å². The summed E-state index contributed by atoms with van der Waals surface area (Å²) in [5, 5.41) is 0. The molecular weight excluding hydrogens is 1420 g/mol. The summed E-state index contributed by atoms with van der Waals surface area (Å²) in [4.78, 5) is 0. The number of aryl methyl sites for hydroxylation is 2. The van der Waals surface area contributed by atoms with Crippen molar-refractivity contribution in [3.63, 3.8) is 0 Å². The van der Waals surface area contributed by atoms with Gasteiger partial charge in [0.25, 0.3) is 0 Å². The molecule has 0 amide bonds. The number of benzene rings is 3. The Labute approximate surface area is 693 Å². The lowest BCUT2D eigenvalue weighted by molar-refractivity contribution is -0.0750. The fraction of sp³-hybridized carbons (Fsp3) is 0.795. The van der Waals surface area contributed by atoms with Gasteiger partial charge in [0.2, 0.25) is 0 Å². The third kappa shape index (κ3) is 87.2. The van der Waals surface area contributed by atoms with E-state index in [9.17, 15) is 0 Å². The molecule has 0 heterocycles. The molecule has 5 rings (SSSR count). The Kier molecular flexibility index (Phi) is 86.5. The average molecular weight is 1610 g/mol. The molecule has 25 heteroatoms. The summed E-state index contributed by atoms with van der Waals surface area (Å²) in [5.41, 5.74) is 121. The minimum atomic E-state index is -0.182. The van der Waals surface area contributed by atoms with Crippen molar-refractivity contribution in [2.24, 2.45) is 132 Å². The number of ether oxygens (including phenoxy) is 4. The first-order valence-electron chi connectivity index (χ1n) is 43.7.